The van der Waals surface area contributed by atoms with Gasteiger partial charge < -0.3 is 19.7 Å². The number of nitrogens with two attached hydrogens (primary N) is 1. The molecular weight excluding hydrogens is 268 g/mol. The van der Waals surface area contributed by atoms with Crippen molar-refractivity contribution in [3.8, 4) is 22.6 Å². The Balaban J connectivity index is 1.70. The molecule has 2 aromatic rings. The summed E-state index contributed by atoms with van der Waals surface area (Å²) in [4.78, 5) is 0. The maximum atomic E-state index is 6.01. The van der Waals surface area contributed by atoms with Gasteiger partial charge in [0, 0.05) is 6.42 Å². The van der Waals surface area contributed by atoms with Gasteiger partial charge in [-0.15, -0.1) is 0 Å². The highest BCUT2D eigenvalue weighted by Gasteiger charge is 2.24. The Morgan fingerprint density at radius 1 is 1.14 bits per heavy atom. The van der Waals surface area contributed by atoms with Gasteiger partial charge in [0.15, 0.2) is 17.3 Å². The molecule has 0 saturated heterocycles. The standard InChI is InChI=1S/C16H18N2O3/c17-16-15(14(21-18-16)8-10-2-1-3-10)11-4-5-12-13(9-11)20-7-6-19-12/h4-5,9-10H,1-3,6-8H2,(H2,17,18). The molecule has 0 spiro atoms. The van der Waals surface area contributed by atoms with E-state index in [1.807, 2.05) is 18.2 Å². The average Bonchev–Trinajstić information content (AvgIpc) is 2.83. The molecule has 0 unspecified atom stereocenters. The zero-order valence-electron chi connectivity index (χ0n) is 11.8. The lowest BCUT2D eigenvalue weighted by molar-refractivity contribution is 0.171. The third-order valence-corrected chi connectivity index (χ3v) is 4.32. The molecule has 1 aromatic heterocycles. The number of benzene rings is 1. The van der Waals surface area contributed by atoms with E-state index < -0.39 is 0 Å². The van der Waals surface area contributed by atoms with Gasteiger partial charge in [-0.05, 0) is 23.6 Å². The highest BCUT2D eigenvalue weighted by molar-refractivity contribution is 5.77. The normalized spacial score (nSPS) is 17.5. The van der Waals surface area contributed by atoms with Crippen LogP contribution < -0.4 is 15.2 Å². The minimum atomic E-state index is 0.445. The molecule has 0 radical (unpaired) electrons. The third kappa shape index (κ3) is 2.22. The van der Waals surface area contributed by atoms with Crippen LogP contribution in [-0.2, 0) is 6.42 Å². The van der Waals surface area contributed by atoms with Crippen LogP contribution in [0.15, 0.2) is 22.7 Å². The van der Waals surface area contributed by atoms with Gasteiger partial charge in [-0.2, -0.15) is 0 Å². The van der Waals surface area contributed by atoms with Gasteiger partial charge in [0.2, 0.25) is 0 Å². The first kappa shape index (κ1) is 12.6. The number of aromatic nitrogens is 1. The summed E-state index contributed by atoms with van der Waals surface area (Å²) in [6.07, 6.45) is 4.75. The number of hydrogen-bond acceptors (Lipinski definition) is 5. The number of fused-ring (bicyclic) bond motifs is 1. The SMILES string of the molecule is Nc1noc(CC2CCC2)c1-c1ccc2c(c1)OCCO2. The van der Waals surface area contributed by atoms with Crippen LogP contribution in [-0.4, -0.2) is 18.4 Å². The van der Waals surface area contributed by atoms with Crippen LogP contribution in [0.3, 0.4) is 0 Å². The van der Waals surface area contributed by atoms with Gasteiger partial charge in [0.25, 0.3) is 0 Å². The van der Waals surface area contributed by atoms with E-state index in [0.717, 1.165) is 34.8 Å². The lowest BCUT2D eigenvalue weighted by Crippen LogP contribution is -2.15. The van der Waals surface area contributed by atoms with Crippen LogP contribution in [0.1, 0.15) is 25.0 Å². The molecule has 110 valence electrons. The van der Waals surface area contributed by atoms with Crippen molar-refractivity contribution >= 4 is 5.82 Å². The number of hydrogen-bond donors (Lipinski definition) is 1. The number of rotatable bonds is 3. The average molecular weight is 286 g/mol. The Bertz CT molecular complexity index is 662. The van der Waals surface area contributed by atoms with Gasteiger partial charge in [-0.25, -0.2) is 0 Å². The molecule has 0 atom stereocenters. The first-order valence-electron chi connectivity index (χ1n) is 7.45. The van der Waals surface area contributed by atoms with E-state index >= 15 is 0 Å². The quantitative estimate of drug-likeness (QED) is 0.939. The largest absolute Gasteiger partial charge is 0.486 e. The van der Waals surface area contributed by atoms with Gasteiger partial charge in [0.1, 0.15) is 19.0 Å². The topological polar surface area (TPSA) is 70.5 Å². The Hall–Kier alpha value is -2.17. The zero-order chi connectivity index (χ0) is 14.2. The van der Waals surface area contributed by atoms with Gasteiger partial charge >= 0.3 is 0 Å². The van der Waals surface area contributed by atoms with E-state index in [2.05, 4.69) is 5.16 Å². The van der Waals surface area contributed by atoms with Crippen LogP contribution in [0, 0.1) is 5.92 Å². The maximum absolute atomic E-state index is 6.01. The van der Waals surface area contributed by atoms with E-state index in [0.29, 0.717) is 24.9 Å². The van der Waals surface area contributed by atoms with Gasteiger partial charge in [-0.1, -0.05) is 30.5 Å². The highest BCUT2D eigenvalue weighted by atomic mass is 16.6. The van der Waals surface area contributed by atoms with Crippen LogP contribution in [0.4, 0.5) is 5.82 Å². The van der Waals surface area contributed by atoms with Gasteiger partial charge in [-0.3, -0.25) is 0 Å². The molecule has 21 heavy (non-hydrogen) atoms. The fraction of sp³-hybridized carbons (Fsp3) is 0.438. The molecule has 1 aromatic carbocycles. The monoisotopic (exact) mass is 286 g/mol. The molecule has 4 rings (SSSR count). The predicted octanol–water partition coefficient (Wildman–Crippen LogP) is 3.04. The van der Waals surface area contributed by atoms with E-state index in [1.165, 1.54) is 19.3 Å². The van der Waals surface area contributed by atoms with Crippen LogP contribution in [0.2, 0.25) is 0 Å². The second-order valence-electron chi connectivity index (χ2n) is 5.73. The highest BCUT2D eigenvalue weighted by Crippen LogP contribution is 2.39. The Morgan fingerprint density at radius 3 is 2.71 bits per heavy atom. The zero-order valence-corrected chi connectivity index (χ0v) is 11.8. The molecule has 0 amide bonds. The molecule has 1 saturated carbocycles. The number of anilines is 1. The summed E-state index contributed by atoms with van der Waals surface area (Å²) in [6.45, 7) is 1.17. The minimum absolute atomic E-state index is 0.445. The van der Waals surface area contributed by atoms with E-state index in [9.17, 15) is 0 Å². The first-order chi connectivity index (χ1) is 10.3. The predicted molar refractivity (Wildman–Crippen MR) is 78.4 cm³/mol. The minimum Gasteiger partial charge on any atom is -0.486 e. The van der Waals surface area contributed by atoms with Crippen molar-refractivity contribution < 1.29 is 14.0 Å². The summed E-state index contributed by atoms with van der Waals surface area (Å²) >= 11 is 0. The molecule has 0 bridgehead atoms. The molecule has 1 aliphatic heterocycles. The Kier molecular flexibility index (Phi) is 2.98. The van der Waals surface area contributed by atoms with Crippen molar-refractivity contribution in [1.82, 2.24) is 5.16 Å². The lowest BCUT2D eigenvalue weighted by Gasteiger charge is -2.24. The molecule has 2 aliphatic rings. The van der Waals surface area contributed by atoms with Crippen molar-refractivity contribution in [2.24, 2.45) is 5.92 Å². The van der Waals surface area contributed by atoms with Crippen LogP contribution in [0.5, 0.6) is 11.5 Å². The summed E-state index contributed by atoms with van der Waals surface area (Å²) in [5, 5.41) is 3.95. The fourth-order valence-corrected chi connectivity index (χ4v) is 2.94. The smallest absolute Gasteiger partial charge is 0.175 e. The maximum Gasteiger partial charge on any atom is 0.175 e. The number of ether oxygens (including phenoxy) is 2. The summed E-state index contributed by atoms with van der Waals surface area (Å²) in [5.74, 6) is 3.57. The summed E-state index contributed by atoms with van der Waals surface area (Å²) in [7, 11) is 0. The van der Waals surface area contributed by atoms with E-state index in [-0.39, 0.29) is 0 Å². The first-order valence-corrected chi connectivity index (χ1v) is 7.45. The number of nitrogen functional groups attached to an aromatic ring is 1. The molecule has 5 heteroatoms. The van der Waals surface area contributed by atoms with Gasteiger partial charge in [0.05, 0.1) is 5.56 Å². The Morgan fingerprint density at radius 2 is 1.95 bits per heavy atom. The molecule has 2 N–H and O–H groups in total. The molecule has 1 aliphatic carbocycles. The lowest BCUT2D eigenvalue weighted by atomic mass is 9.81. The molecule has 1 fully saturated rings. The molecule has 5 nitrogen and oxygen atoms in total. The van der Waals surface area contributed by atoms with Crippen molar-refractivity contribution in [2.75, 3.05) is 18.9 Å². The summed E-state index contributed by atoms with van der Waals surface area (Å²) in [5.41, 5.74) is 7.89. The number of nitrogens with zero attached hydrogens (tertiary/aromatic N) is 1. The van der Waals surface area contributed by atoms with Crippen molar-refractivity contribution in [3.63, 3.8) is 0 Å². The van der Waals surface area contributed by atoms with Crippen LogP contribution in [0.25, 0.3) is 11.1 Å². The van der Waals surface area contributed by atoms with Crippen molar-refractivity contribution in [1.29, 1.82) is 0 Å². The van der Waals surface area contributed by atoms with E-state index in [1.54, 1.807) is 0 Å². The second-order valence-corrected chi connectivity index (χ2v) is 5.73. The van der Waals surface area contributed by atoms with Crippen LogP contribution >= 0.6 is 0 Å². The third-order valence-electron chi connectivity index (χ3n) is 4.32. The van der Waals surface area contributed by atoms with Crippen molar-refractivity contribution in [3.05, 3.63) is 24.0 Å². The fourth-order valence-electron chi connectivity index (χ4n) is 2.94. The van der Waals surface area contributed by atoms with E-state index in [4.69, 9.17) is 19.7 Å². The van der Waals surface area contributed by atoms with Crippen molar-refractivity contribution in [2.45, 2.75) is 25.7 Å². The Labute approximate surface area is 123 Å². The molecular formula is C16H18N2O3. The molecule has 2 heterocycles. The summed E-state index contributed by atoms with van der Waals surface area (Å²) < 4.78 is 16.6. The second kappa shape index (κ2) is 4.98. The summed E-state index contributed by atoms with van der Waals surface area (Å²) in [6, 6.07) is 5.87.